The molecule has 0 radical (unpaired) electrons. The lowest BCUT2D eigenvalue weighted by molar-refractivity contribution is -0.0376. The van der Waals surface area contributed by atoms with Crippen LogP contribution in [0, 0.1) is 5.92 Å². The molecule has 20 heavy (non-hydrogen) atoms. The fraction of sp³-hybridized carbons (Fsp3) is 0.750. The molecule has 0 aromatic carbocycles. The molecule has 0 spiro atoms. The third kappa shape index (κ3) is 9.82. The van der Waals surface area contributed by atoms with E-state index >= 15 is 0 Å². The van der Waals surface area contributed by atoms with Gasteiger partial charge in [-0.2, -0.15) is 13.2 Å². The van der Waals surface area contributed by atoms with Gasteiger partial charge in [0.25, 0.3) is 0 Å². The fourth-order valence-corrected chi connectivity index (χ4v) is 1.93. The maximum Gasteiger partial charge on any atom is 0.461 e. The van der Waals surface area contributed by atoms with Crippen LogP contribution >= 0.6 is 11.9 Å². The Hall–Kier alpha value is -1.05. The zero-order valence-corrected chi connectivity index (χ0v) is 12.7. The van der Waals surface area contributed by atoms with Crippen LogP contribution in [0.15, 0.2) is 12.3 Å². The minimum atomic E-state index is -4.57. The Morgan fingerprint density at radius 2 is 1.95 bits per heavy atom. The van der Waals surface area contributed by atoms with Crippen LogP contribution in [0.25, 0.3) is 0 Å². The minimum Gasteiger partial charge on any atom is -0.516 e. The average molecular weight is 315 g/mol. The first-order chi connectivity index (χ1) is 8.94. The maximum atomic E-state index is 12.5. The Bertz CT molecular complexity index is 340. The molecule has 0 aromatic rings. The second kappa shape index (κ2) is 7.66. The predicted molar refractivity (Wildman–Crippen MR) is 72.1 cm³/mol. The Kier molecular flexibility index (Phi) is 7.26. The second-order valence-corrected chi connectivity index (χ2v) is 6.39. The lowest BCUT2D eigenvalue weighted by Crippen LogP contribution is -2.36. The Morgan fingerprint density at radius 3 is 2.35 bits per heavy atom. The number of carbonyl (C=O) groups is 1. The molecule has 4 nitrogen and oxygen atoms in total. The van der Waals surface area contributed by atoms with Crippen molar-refractivity contribution in [3.63, 3.8) is 0 Å². The van der Waals surface area contributed by atoms with Gasteiger partial charge >= 0.3 is 11.6 Å². The zero-order chi connectivity index (χ0) is 16.0. The first-order valence-electron chi connectivity index (χ1n) is 6.00. The van der Waals surface area contributed by atoms with Gasteiger partial charge in [0.1, 0.15) is 5.60 Å². The quantitative estimate of drug-likeness (QED) is 0.600. The largest absolute Gasteiger partial charge is 0.516 e. The van der Waals surface area contributed by atoms with Crippen molar-refractivity contribution < 1.29 is 27.8 Å². The van der Waals surface area contributed by atoms with Gasteiger partial charge in [0.15, 0.2) is 0 Å². The van der Waals surface area contributed by atoms with Crippen molar-refractivity contribution in [3.05, 3.63) is 12.3 Å². The van der Waals surface area contributed by atoms with Gasteiger partial charge in [-0.1, -0.05) is 6.92 Å². The number of carbonyl (C=O) groups excluding carboxylic acids is 1. The number of aliphatic hydroxyl groups excluding tert-OH is 1. The van der Waals surface area contributed by atoms with Crippen molar-refractivity contribution >= 4 is 18.0 Å². The normalized spacial score (nSPS) is 14.3. The van der Waals surface area contributed by atoms with Gasteiger partial charge in [0, 0.05) is 6.54 Å². The molecule has 0 rings (SSSR count). The molecule has 0 aliphatic rings. The van der Waals surface area contributed by atoms with E-state index in [1.54, 1.807) is 27.7 Å². The molecular weight excluding hydrogens is 295 g/mol. The number of rotatable bonds is 5. The molecule has 0 saturated carbocycles. The summed E-state index contributed by atoms with van der Waals surface area (Å²) in [6.45, 7) is 6.29. The molecule has 118 valence electrons. The van der Waals surface area contributed by atoms with Crippen molar-refractivity contribution in [2.45, 2.75) is 45.2 Å². The number of alkyl halides is 3. The van der Waals surface area contributed by atoms with Crippen LogP contribution in [0.4, 0.5) is 18.0 Å². The van der Waals surface area contributed by atoms with E-state index in [1.807, 2.05) is 0 Å². The number of aliphatic hydroxyl groups is 1. The molecule has 0 fully saturated rings. The summed E-state index contributed by atoms with van der Waals surface area (Å²) in [5.41, 5.74) is -5.43. The molecule has 1 unspecified atom stereocenters. The molecule has 0 aliphatic carbocycles. The summed E-state index contributed by atoms with van der Waals surface area (Å²) in [6, 6.07) is 0. The smallest absolute Gasteiger partial charge is 0.461 e. The second-order valence-electron chi connectivity index (χ2n) is 5.30. The van der Waals surface area contributed by atoms with Gasteiger partial charge in [0.05, 0.1) is 18.2 Å². The third-order valence-electron chi connectivity index (χ3n) is 1.93. The Labute approximate surface area is 121 Å². The van der Waals surface area contributed by atoms with Gasteiger partial charge in [-0.25, -0.2) is 9.10 Å². The van der Waals surface area contributed by atoms with Gasteiger partial charge in [-0.15, -0.1) is 0 Å². The number of hydrogen-bond acceptors (Lipinski definition) is 4. The van der Waals surface area contributed by atoms with Gasteiger partial charge in [-0.05, 0) is 39.2 Å². The van der Waals surface area contributed by atoms with Gasteiger partial charge in [-0.3, -0.25) is 0 Å². The highest BCUT2D eigenvalue weighted by Crippen LogP contribution is 2.35. The summed E-state index contributed by atoms with van der Waals surface area (Å²) in [6.07, 6.45) is 1.56. The van der Waals surface area contributed by atoms with Crippen LogP contribution in [-0.4, -0.2) is 33.2 Å². The van der Waals surface area contributed by atoms with E-state index in [0.717, 1.165) is 6.26 Å². The van der Waals surface area contributed by atoms with Crippen LogP contribution in [0.2, 0.25) is 0 Å². The number of nitrogens with zero attached hydrogens (tertiary/aromatic N) is 1. The van der Waals surface area contributed by atoms with Crippen molar-refractivity contribution in [2.75, 3.05) is 6.54 Å². The summed E-state index contributed by atoms with van der Waals surface area (Å²) in [7, 11) is 0. The highest BCUT2D eigenvalue weighted by molar-refractivity contribution is 7.98. The topological polar surface area (TPSA) is 49.8 Å². The minimum absolute atomic E-state index is 0.135. The van der Waals surface area contributed by atoms with Crippen molar-refractivity contribution in [1.29, 1.82) is 0 Å². The van der Waals surface area contributed by atoms with E-state index in [2.05, 4.69) is 0 Å². The first-order valence-corrected chi connectivity index (χ1v) is 6.77. The average Bonchev–Trinajstić information content (AvgIpc) is 2.21. The highest BCUT2D eigenvalue weighted by atomic mass is 32.2. The summed E-state index contributed by atoms with van der Waals surface area (Å²) in [5, 5.41) is 8.53. The monoisotopic (exact) mass is 315 g/mol. The van der Waals surface area contributed by atoms with Crippen LogP contribution < -0.4 is 0 Å². The van der Waals surface area contributed by atoms with Crippen molar-refractivity contribution in [3.8, 4) is 0 Å². The standard InChI is InChI=1S/C12H20F3NO3S/c1-9(6-5-7-17)8-16(20-12(13,14)15)10(18)19-11(2,3)4/h5,7,9,17H,6,8H2,1-4H3/b7-5+. The highest BCUT2D eigenvalue weighted by Gasteiger charge is 2.37. The van der Waals surface area contributed by atoms with Crippen LogP contribution in [-0.2, 0) is 4.74 Å². The Balaban J connectivity index is 4.76. The van der Waals surface area contributed by atoms with E-state index in [1.165, 1.54) is 6.08 Å². The molecule has 1 atom stereocenters. The summed E-state index contributed by atoms with van der Waals surface area (Å²) in [5.74, 6) is -0.249. The molecule has 0 aliphatic heterocycles. The third-order valence-corrected chi connectivity index (χ3v) is 2.66. The lowest BCUT2D eigenvalue weighted by atomic mass is 10.1. The van der Waals surface area contributed by atoms with Gasteiger partial charge < -0.3 is 9.84 Å². The van der Waals surface area contributed by atoms with Crippen LogP contribution in [0.3, 0.4) is 0 Å². The zero-order valence-electron chi connectivity index (χ0n) is 11.9. The molecule has 0 saturated heterocycles. The predicted octanol–water partition coefficient (Wildman–Crippen LogP) is 4.49. The molecule has 0 heterocycles. The van der Waals surface area contributed by atoms with Crippen molar-refractivity contribution in [2.24, 2.45) is 5.92 Å². The molecule has 1 amide bonds. The van der Waals surface area contributed by atoms with Crippen LogP contribution in [0.1, 0.15) is 34.1 Å². The van der Waals surface area contributed by atoms with E-state index < -0.39 is 29.2 Å². The maximum absolute atomic E-state index is 12.5. The van der Waals surface area contributed by atoms with E-state index in [-0.39, 0.29) is 12.5 Å². The van der Waals surface area contributed by atoms with Crippen molar-refractivity contribution in [1.82, 2.24) is 4.31 Å². The summed E-state index contributed by atoms with van der Waals surface area (Å²) < 4.78 is 42.9. The Morgan fingerprint density at radius 1 is 1.40 bits per heavy atom. The number of allylic oxidation sites excluding steroid dienone is 1. The molecular formula is C12H20F3NO3S. The molecule has 1 N–H and O–H groups in total. The number of halogens is 3. The number of amides is 1. The van der Waals surface area contributed by atoms with Gasteiger partial charge in [0.2, 0.25) is 0 Å². The molecule has 8 heteroatoms. The first kappa shape index (κ1) is 18.9. The van der Waals surface area contributed by atoms with E-state index in [4.69, 9.17) is 9.84 Å². The van der Waals surface area contributed by atoms with E-state index in [9.17, 15) is 18.0 Å². The summed E-state index contributed by atoms with van der Waals surface area (Å²) >= 11 is -0.515. The fourth-order valence-electron chi connectivity index (χ4n) is 1.24. The molecule has 0 bridgehead atoms. The number of ether oxygens (including phenoxy) is 1. The lowest BCUT2D eigenvalue weighted by Gasteiger charge is -2.28. The number of hydrogen-bond donors (Lipinski definition) is 1. The summed E-state index contributed by atoms with van der Waals surface area (Å²) in [4.78, 5) is 11.8. The SMILES string of the molecule is CC(C/C=C/O)CN(SC(F)(F)F)C(=O)OC(C)(C)C. The molecule has 0 aromatic heterocycles. The van der Waals surface area contributed by atoms with Crippen LogP contribution in [0.5, 0.6) is 0 Å². The van der Waals surface area contributed by atoms with E-state index in [0.29, 0.717) is 10.7 Å².